The van der Waals surface area contributed by atoms with Crippen LogP contribution in [-0.2, 0) is 4.79 Å². The molecule has 2 rings (SSSR count). The second-order valence-corrected chi connectivity index (χ2v) is 5.91. The second kappa shape index (κ2) is 6.20. The van der Waals surface area contributed by atoms with E-state index in [1.54, 1.807) is 12.1 Å². The van der Waals surface area contributed by atoms with Crippen LogP contribution in [0.25, 0.3) is 0 Å². The molecule has 1 N–H and O–H groups in total. The molecule has 1 heterocycles. The summed E-state index contributed by atoms with van der Waals surface area (Å²) in [6.45, 7) is -1.05. The summed E-state index contributed by atoms with van der Waals surface area (Å²) in [4.78, 5) is 25.1. The first-order valence-electron chi connectivity index (χ1n) is 6.47. The van der Waals surface area contributed by atoms with Gasteiger partial charge in [-0.15, -0.1) is 11.8 Å². The van der Waals surface area contributed by atoms with Crippen molar-refractivity contribution in [3.8, 4) is 0 Å². The Morgan fingerprint density at radius 1 is 1.23 bits per heavy atom. The summed E-state index contributed by atoms with van der Waals surface area (Å²) in [6, 6.07) is 6.46. The van der Waals surface area contributed by atoms with Gasteiger partial charge < -0.3 is 10.0 Å². The molecule has 0 aromatic heterocycles. The van der Waals surface area contributed by atoms with Gasteiger partial charge in [-0.2, -0.15) is 13.2 Å². The number of carbonyl (C=O) groups excluding carboxylic acids is 1. The van der Waals surface area contributed by atoms with E-state index in [2.05, 4.69) is 0 Å². The molecule has 0 aliphatic carbocycles. The molecule has 0 saturated carbocycles. The van der Waals surface area contributed by atoms with Crippen molar-refractivity contribution in [2.24, 2.45) is 11.8 Å². The van der Waals surface area contributed by atoms with Crippen molar-refractivity contribution in [1.29, 1.82) is 0 Å². The summed E-state index contributed by atoms with van der Waals surface area (Å²) in [5.74, 6) is -5.75. The Kier molecular flexibility index (Phi) is 4.69. The number of alkyl halides is 3. The largest absolute Gasteiger partial charge is 0.481 e. The van der Waals surface area contributed by atoms with Crippen LogP contribution < -0.4 is 0 Å². The third-order valence-electron chi connectivity index (χ3n) is 3.68. The lowest BCUT2D eigenvalue weighted by Crippen LogP contribution is -2.34. The molecule has 1 amide bonds. The lowest BCUT2D eigenvalue weighted by atomic mass is 9.96. The Balaban J connectivity index is 2.18. The van der Waals surface area contributed by atoms with E-state index >= 15 is 0 Å². The van der Waals surface area contributed by atoms with E-state index in [0.29, 0.717) is 0 Å². The lowest BCUT2D eigenvalue weighted by Gasteiger charge is -2.18. The highest BCUT2D eigenvalue weighted by atomic mass is 32.2. The van der Waals surface area contributed by atoms with Crippen LogP contribution in [-0.4, -0.2) is 47.4 Å². The molecular weight excluding hydrogens is 319 g/mol. The number of carboxylic acid groups (broad SMARTS) is 1. The van der Waals surface area contributed by atoms with Crippen molar-refractivity contribution < 1.29 is 27.9 Å². The van der Waals surface area contributed by atoms with Crippen LogP contribution in [0.4, 0.5) is 13.2 Å². The highest BCUT2D eigenvalue weighted by Crippen LogP contribution is 2.38. The highest BCUT2D eigenvalue weighted by Gasteiger charge is 2.53. The first-order valence-corrected chi connectivity index (χ1v) is 7.69. The van der Waals surface area contributed by atoms with Gasteiger partial charge in [-0.1, -0.05) is 0 Å². The van der Waals surface area contributed by atoms with E-state index in [-0.39, 0.29) is 5.56 Å². The molecule has 1 aromatic rings. The Bertz CT molecular complexity index is 574. The maximum absolute atomic E-state index is 12.9. The standard InChI is InChI=1S/C14H14F3NO3S/c1-22-9-4-2-8(3-5-9)12(19)18-6-10(13(20)21)11(7-18)14(15,16)17/h2-5,10-11H,6-7H2,1H3,(H,20,21)/t10-,11-/m1/s1. The summed E-state index contributed by atoms with van der Waals surface area (Å²) >= 11 is 1.48. The third kappa shape index (κ3) is 3.37. The molecule has 0 bridgehead atoms. The smallest absolute Gasteiger partial charge is 0.394 e. The number of likely N-dealkylation sites (tertiary alicyclic amines) is 1. The molecule has 0 radical (unpaired) electrons. The Morgan fingerprint density at radius 2 is 1.82 bits per heavy atom. The second-order valence-electron chi connectivity index (χ2n) is 5.03. The maximum atomic E-state index is 12.9. The summed E-state index contributed by atoms with van der Waals surface area (Å²) in [6.07, 6.45) is -2.77. The van der Waals surface area contributed by atoms with E-state index in [0.717, 1.165) is 9.80 Å². The molecule has 0 spiro atoms. The van der Waals surface area contributed by atoms with Crippen LogP contribution >= 0.6 is 11.8 Å². The molecule has 8 heteroatoms. The third-order valence-corrected chi connectivity index (χ3v) is 4.43. The number of halogens is 3. The summed E-state index contributed by atoms with van der Waals surface area (Å²) in [5.41, 5.74) is 0.254. The Morgan fingerprint density at radius 3 is 2.23 bits per heavy atom. The fourth-order valence-electron chi connectivity index (χ4n) is 2.47. The maximum Gasteiger partial charge on any atom is 0.394 e. The van der Waals surface area contributed by atoms with Crippen molar-refractivity contribution in [1.82, 2.24) is 4.90 Å². The molecule has 22 heavy (non-hydrogen) atoms. The quantitative estimate of drug-likeness (QED) is 0.864. The minimum Gasteiger partial charge on any atom is -0.481 e. The van der Waals surface area contributed by atoms with E-state index in [4.69, 9.17) is 5.11 Å². The van der Waals surface area contributed by atoms with Gasteiger partial charge in [0.15, 0.2) is 0 Å². The number of hydrogen-bond donors (Lipinski definition) is 1. The van der Waals surface area contributed by atoms with Crippen molar-refractivity contribution in [2.75, 3.05) is 19.3 Å². The van der Waals surface area contributed by atoms with E-state index in [9.17, 15) is 22.8 Å². The molecule has 0 unspecified atom stereocenters. The number of thioether (sulfide) groups is 1. The van der Waals surface area contributed by atoms with Crippen LogP contribution in [0.15, 0.2) is 29.2 Å². The number of hydrogen-bond acceptors (Lipinski definition) is 3. The Labute approximate surface area is 129 Å². The molecule has 1 fully saturated rings. The number of nitrogens with zero attached hydrogens (tertiary/aromatic N) is 1. The van der Waals surface area contributed by atoms with Crippen molar-refractivity contribution in [3.63, 3.8) is 0 Å². The monoisotopic (exact) mass is 333 g/mol. The molecule has 4 nitrogen and oxygen atoms in total. The van der Waals surface area contributed by atoms with Gasteiger partial charge in [-0.25, -0.2) is 0 Å². The van der Waals surface area contributed by atoms with Gasteiger partial charge in [0.2, 0.25) is 0 Å². The van der Waals surface area contributed by atoms with Crippen LogP contribution in [0.1, 0.15) is 10.4 Å². The van der Waals surface area contributed by atoms with E-state index < -0.39 is 43.0 Å². The number of benzene rings is 1. The fourth-order valence-corrected chi connectivity index (χ4v) is 2.88. The number of rotatable bonds is 3. The summed E-state index contributed by atoms with van der Waals surface area (Å²) in [5, 5.41) is 8.94. The Hall–Kier alpha value is -1.70. The molecule has 1 saturated heterocycles. The van der Waals surface area contributed by atoms with Crippen LogP contribution in [0.3, 0.4) is 0 Å². The van der Waals surface area contributed by atoms with Gasteiger partial charge in [-0.05, 0) is 30.5 Å². The van der Waals surface area contributed by atoms with Gasteiger partial charge in [0.25, 0.3) is 5.91 Å². The molecular formula is C14H14F3NO3S. The van der Waals surface area contributed by atoms with Gasteiger partial charge in [0, 0.05) is 23.5 Å². The minimum atomic E-state index is -4.64. The van der Waals surface area contributed by atoms with Crippen LogP contribution in [0.2, 0.25) is 0 Å². The normalized spacial score (nSPS) is 21.9. The van der Waals surface area contributed by atoms with Crippen LogP contribution in [0.5, 0.6) is 0 Å². The van der Waals surface area contributed by atoms with Crippen LogP contribution in [0, 0.1) is 11.8 Å². The first kappa shape index (κ1) is 16.7. The van der Waals surface area contributed by atoms with Gasteiger partial charge in [0.1, 0.15) is 0 Å². The van der Waals surface area contributed by atoms with E-state index in [1.165, 1.54) is 23.9 Å². The average Bonchev–Trinajstić information content (AvgIpc) is 2.92. The lowest BCUT2D eigenvalue weighted by molar-refractivity contribution is -0.187. The molecule has 120 valence electrons. The molecule has 1 aliphatic heterocycles. The number of carbonyl (C=O) groups is 2. The predicted molar refractivity (Wildman–Crippen MR) is 74.8 cm³/mol. The van der Waals surface area contributed by atoms with E-state index in [1.807, 2.05) is 6.26 Å². The number of amides is 1. The van der Waals surface area contributed by atoms with Gasteiger partial charge >= 0.3 is 12.1 Å². The van der Waals surface area contributed by atoms with Gasteiger partial charge in [-0.3, -0.25) is 9.59 Å². The van der Waals surface area contributed by atoms with Crippen molar-refractivity contribution >= 4 is 23.6 Å². The number of carboxylic acids is 1. The topological polar surface area (TPSA) is 57.6 Å². The highest BCUT2D eigenvalue weighted by molar-refractivity contribution is 7.98. The van der Waals surface area contributed by atoms with Crippen molar-refractivity contribution in [2.45, 2.75) is 11.1 Å². The zero-order chi connectivity index (χ0) is 16.5. The number of aliphatic carboxylic acids is 1. The summed E-state index contributed by atoms with van der Waals surface area (Å²) < 4.78 is 38.7. The minimum absolute atomic E-state index is 0.254. The average molecular weight is 333 g/mol. The molecule has 1 aliphatic rings. The molecule has 2 atom stereocenters. The first-order chi connectivity index (χ1) is 10.2. The summed E-state index contributed by atoms with van der Waals surface area (Å²) in [7, 11) is 0. The SMILES string of the molecule is CSc1ccc(C(=O)N2C[C@@H](C(F)(F)F)[C@H](C(=O)O)C2)cc1. The van der Waals surface area contributed by atoms with Gasteiger partial charge in [0.05, 0.1) is 11.8 Å². The fraction of sp³-hybridized carbons (Fsp3) is 0.429. The molecule has 1 aromatic carbocycles. The predicted octanol–water partition coefficient (Wildman–Crippen LogP) is 2.74. The van der Waals surface area contributed by atoms with Crippen molar-refractivity contribution in [3.05, 3.63) is 29.8 Å². The zero-order valence-corrected chi connectivity index (χ0v) is 12.4. The zero-order valence-electron chi connectivity index (χ0n) is 11.6.